The number of H-pyrrole nitrogens is 1. The number of benzene rings is 1. The number of hydrogen-bond acceptors (Lipinski definition) is 2. The Bertz CT molecular complexity index is 430. The van der Waals surface area contributed by atoms with Gasteiger partial charge in [0.05, 0.1) is 12.4 Å². The zero-order valence-electron chi connectivity index (χ0n) is 6.52. The highest BCUT2D eigenvalue weighted by Crippen LogP contribution is 2.33. The van der Waals surface area contributed by atoms with E-state index in [2.05, 4.69) is 33.8 Å². The van der Waals surface area contributed by atoms with E-state index in [1.165, 1.54) is 16.6 Å². The van der Waals surface area contributed by atoms with Gasteiger partial charge >= 0.3 is 0 Å². The number of fused-ring (bicyclic) bond motifs is 3. The summed E-state index contributed by atoms with van der Waals surface area (Å²) in [4.78, 5) is 3.30. The van der Waals surface area contributed by atoms with E-state index >= 15 is 0 Å². The second kappa shape index (κ2) is 1.94. The van der Waals surface area contributed by atoms with Gasteiger partial charge < -0.3 is 15.6 Å². The first-order valence-corrected chi connectivity index (χ1v) is 4.03. The summed E-state index contributed by atoms with van der Waals surface area (Å²) in [5, 5.41) is 7.77. The fourth-order valence-electron chi connectivity index (χ4n) is 1.68. The van der Waals surface area contributed by atoms with Crippen LogP contribution in [0, 0.1) is 0 Å². The van der Waals surface area contributed by atoms with Crippen molar-refractivity contribution in [3.05, 3.63) is 24.3 Å². The van der Waals surface area contributed by atoms with Crippen molar-refractivity contribution in [2.75, 3.05) is 17.3 Å². The van der Waals surface area contributed by atoms with Crippen LogP contribution in [0.25, 0.3) is 10.9 Å². The summed E-state index contributed by atoms with van der Waals surface area (Å²) < 4.78 is 0. The highest BCUT2D eigenvalue weighted by molar-refractivity contribution is 6.00. The van der Waals surface area contributed by atoms with Crippen LogP contribution in [0.2, 0.25) is 0 Å². The van der Waals surface area contributed by atoms with E-state index in [0.717, 1.165) is 12.5 Å². The molecular formula is C9H9N3. The topological polar surface area (TPSA) is 39.9 Å². The molecule has 0 atom stereocenters. The lowest BCUT2D eigenvalue weighted by molar-refractivity contribution is 1.28. The highest BCUT2D eigenvalue weighted by atomic mass is 15.2. The molecule has 1 aliphatic heterocycles. The van der Waals surface area contributed by atoms with Crippen LogP contribution in [-0.2, 0) is 0 Å². The van der Waals surface area contributed by atoms with Crippen molar-refractivity contribution >= 4 is 22.4 Å². The Balaban J connectivity index is 2.44. The molecule has 0 amide bonds. The smallest absolute Gasteiger partial charge is 0.129 e. The monoisotopic (exact) mass is 159 g/mol. The molecule has 0 spiro atoms. The third-order valence-electron chi connectivity index (χ3n) is 2.24. The SMILES string of the molecule is c1ccc2c3c([nH]c2c1)NCN3. The van der Waals surface area contributed by atoms with Gasteiger partial charge in [0.1, 0.15) is 5.82 Å². The number of anilines is 2. The molecule has 0 fully saturated rings. The Morgan fingerprint density at radius 1 is 1.08 bits per heavy atom. The molecular weight excluding hydrogens is 150 g/mol. The molecule has 1 aliphatic rings. The Hall–Kier alpha value is -1.64. The molecule has 60 valence electrons. The van der Waals surface area contributed by atoms with E-state index in [0.29, 0.717) is 0 Å². The van der Waals surface area contributed by atoms with E-state index in [9.17, 15) is 0 Å². The van der Waals surface area contributed by atoms with Gasteiger partial charge in [-0.3, -0.25) is 0 Å². The molecule has 3 rings (SSSR count). The summed E-state index contributed by atoms with van der Waals surface area (Å²) in [5.74, 6) is 1.11. The van der Waals surface area contributed by atoms with Gasteiger partial charge in [-0.05, 0) is 6.07 Å². The quantitative estimate of drug-likeness (QED) is 0.550. The molecule has 0 saturated heterocycles. The molecule has 2 heterocycles. The number of aromatic nitrogens is 1. The molecule has 2 aromatic rings. The number of nitrogens with one attached hydrogen (secondary N) is 3. The van der Waals surface area contributed by atoms with Crippen LogP contribution >= 0.6 is 0 Å². The normalized spacial score (nSPS) is 14.0. The van der Waals surface area contributed by atoms with Gasteiger partial charge in [0.25, 0.3) is 0 Å². The summed E-state index contributed by atoms with van der Waals surface area (Å²) in [6.07, 6.45) is 0. The molecule has 12 heavy (non-hydrogen) atoms. The molecule has 0 aliphatic carbocycles. The minimum absolute atomic E-state index is 0.825. The molecule has 3 nitrogen and oxygen atoms in total. The van der Waals surface area contributed by atoms with E-state index in [1.54, 1.807) is 0 Å². The fourth-order valence-corrected chi connectivity index (χ4v) is 1.68. The second-order valence-electron chi connectivity index (χ2n) is 2.95. The van der Waals surface area contributed by atoms with Crippen LogP contribution < -0.4 is 10.6 Å². The van der Waals surface area contributed by atoms with Crippen LogP contribution in [0.4, 0.5) is 11.5 Å². The summed E-state index contributed by atoms with van der Waals surface area (Å²) in [6, 6.07) is 8.28. The molecule has 0 unspecified atom stereocenters. The van der Waals surface area contributed by atoms with E-state index in [4.69, 9.17) is 0 Å². The zero-order valence-corrected chi connectivity index (χ0v) is 6.52. The third kappa shape index (κ3) is 0.605. The van der Waals surface area contributed by atoms with Crippen molar-refractivity contribution in [2.45, 2.75) is 0 Å². The highest BCUT2D eigenvalue weighted by Gasteiger charge is 2.14. The van der Waals surface area contributed by atoms with Gasteiger partial charge in [-0.1, -0.05) is 18.2 Å². The standard InChI is InChI=1S/C9H9N3/c1-2-4-7-6(3-1)8-9(12-7)11-5-10-8/h1-4,10-12H,5H2. The first kappa shape index (κ1) is 5.94. The van der Waals surface area contributed by atoms with E-state index in [-0.39, 0.29) is 0 Å². The summed E-state index contributed by atoms with van der Waals surface area (Å²) in [6.45, 7) is 0.825. The number of para-hydroxylation sites is 1. The summed E-state index contributed by atoms with van der Waals surface area (Å²) in [5.41, 5.74) is 2.38. The van der Waals surface area contributed by atoms with Gasteiger partial charge in [-0.2, -0.15) is 0 Å². The number of aromatic amines is 1. The van der Waals surface area contributed by atoms with Gasteiger partial charge in [-0.15, -0.1) is 0 Å². The lowest BCUT2D eigenvalue weighted by Gasteiger charge is -1.94. The number of rotatable bonds is 0. The van der Waals surface area contributed by atoms with Crippen molar-refractivity contribution in [1.29, 1.82) is 0 Å². The molecule has 1 aromatic heterocycles. The summed E-state index contributed by atoms with van der Waals surface area (Å²) >= 11 is 0. The molecule has 0 saturated carbocycles. The second-order valence-corrected chi connectivity index (χ2v) is 2.95. The fraction of sp³-hybridized carbons (Fsp3) is 0.111. The zero-order chi connectivity index (χ0) is 7.97. The van der Waals surface area contributed by atoms with E-state index < -0.39 is 0 Å². The number of hydrogen-bond donors (Lipinski definition) is 3. The van der Waals surface area contributed by atoms with Crippen molar-refractivity contribution in [2.24, 2.45) is 0 Å². The van der Waals surface area contributed by atoms with Gasteiger partial charge in [-0.25, -0.2) is 0 Å². The molecule has 0 radical (unpaired) electrons. The Morgan fingerprint density at radius 2 is 2.00 bits per heavy atom. The summed E-state index contributed by atoms with van der Waals surface area (Å²) in [7, 11) is 0. The molecule has 0 bridgehead atoms. The first-order chi connectivity index (χ1) is 5.95. The third-order valence-corrected chi connectivity index (χ3v) is 2.24. The van der Waals surface area contributed by atoms with Gasteiger partial charge in [0.2, 0.25) is 0 Å². The van der Waals surface area contributed by atoms with Crippen LogP contribution in [0.3, 0.4) is 0 Å². The Morgan fingerprint density at radius 3 is 3.00 bits per heavy atom. The molecule has 1 aromatic carbocycles. The largest absolute Gasteiger partial charge is 0.364 e. The minimum Gasteiger partial charge on any atom is -0.364 e. The average molecular weight is 159 g/mol. The van der Waals surface area contributed by atoms with Crippen molar-refractivity contribution in [3.8, 4) is 0 Å². The lowest BCUT2D eigenvalue weighted by Crippen LogP contribution is -2.00. The maximum atomic E-state index is 3.30. The Labute approximate surface area is 69.8 Å². The predicted octanol–water partition coefficient (Wildman–Crippen LogP) is 1.96. The maximum absolute atomic E-state index is 3.30. The lowest BCUT2D eigenvalue weighted by atomic mass is 10.2. The van der Waals surface area contributed by atoms with Crippen LogP contribution in [-0.4, -0.2) is 11.7 Å². The molecule has 3 N–H and O–H groups in total. The Kier molecular flexibility index (Phi) is 0.961. The van der Waals surface area contributed by atoms with Crippen LogP contribution in [0.5, 0.6) is 0 Å². The van der Waals surface area contributed by atoms with Crippen molar-refractivity contribution in [1.82, 2.24) is 4.98 Å². The average Bonchev–Trinajstić information content (AvgIpc) is 2.62. The molecule has 3 heteroatoms. The van der Waals surface area contributed by atoms with Crippen LogP contribution in [0.1, 0.15) is 0 Å². The maximum Gasteiger partial charge on any atom is 0.129 e. The van der Waals surface area contributed by atoms with E-state index in [1.807, 2.05) is 6.07 Å². The van der Waals surface area contributed by atoms with Gasteiger partial charge in [0.15, 0.2) is 0 Å². The predicted molar refractivity (Wildman–Crippen MR) is 50.4 cm³/mol. The minimum atomic E-state index is 0.825. The first-order valence-electron chi connectivity index (χ1n) is 4.03. The van der Waals surface area contributed by atoms with Gasteiger partial charge in [0, 0.05) is 10.9 Å². The van der Waals surface area contributed by atoms with Crippen molar-refractivity contribution in [3.63, 3.8) is 0 Å². The van der Waals surface area contributed by atoms with Crippen molar-refractivity contribution < 1.29 is 0 Å². The van der Waals surface area contributed by atoms with Crippen LogP contribution in [0.15, 0.2) is 24.3 Å².